The average Bonchev–Trinajstić information content (AvgIpc) is 3.12. The molecule has 0 aliphatic carbocycles. The fourth-order valence-corrected chi connectivity index (χ4v) is 7.39. The lowest BCUT2D eigenvalue weighted by atomic mass is 9.81. The van der Waals surface area contributed by atoms with E-state index in [1.807, 2.05) is 43.3 Å². The summed E-state index contributed by atoms with van der Waals surface area (Å²) >= 11 is 0. The second-order valence-electron chi connectivity index (χ2n) is 8.53. The van der Waals surface area contributed by atoms with Gasteiger partial charge in [-0.15, -0.1) is 0 Å². The van der Waals surface area contributed by atoms with Crippen LogP contribution in [0, 0.1) is 6.92 Å². The van der Waals surface area contributed by atoms with E-state index in [9.17, 15) is 18.0 Å². The van der Waals surface area contributed by atoms with Crippen LogP contribution in [0.3, 0.4) is 0 Å². The monoisotopic (exact) mass is 449 g/mol. The van der Waals surface area contributed by atoms with Crippen molar-refractivity contribution in [2.24, 2.45) is 0 Å². The van der Waals surface area contributed by atoms with Crippen LogP contribution in [0.2, 0.25) is 0 Å². The summed E-state index contributed by atoms with van der Waals surface area (Å²) in [6.45, 7) is 2.06. The molecule has 1 fully saturated rings. The Balaban J connectivity index is 1.84. The van der Waals surface area contributed by atoms with E-state index in [-0.39, 0.29) is 30.2 Å². The van der Waals surface area contributed by atoms with Crippen molar-refractivity contribution in [3.05, 3.63) is 77.4 Å². The van der Waals surface area contributed by atoms with Crippen molar-refractivity contribution >= 4 is 32.5 Å². The molecule has 2 aliphatic rings. The third kappa shape index (κ3) is 2.80. The van der Waals surface area contributed by atoms with Crippen LogP contribution in [0.25, 0.3) is 10.8 Å². The molecule has 1 saturated heterocycles. The van der Waals surface area contributed by atoms with Crippen molar-refractivity contribution in [3.8, 4) is 0 Å². The predicted octanol–water partition coefficient (Wildman–Crippen LogP) is 3.71. The van der Waals surface area contributed by atoms with Gasteiger partial charge in [0.25, 0.3) is 0 Å². The summed E-state index contributed by atoms with van der Waals surface area (Å²) in [6.07, 6.45) is 0.197. The maximum absolute atomic E-state index is 14.1. The smallest absolute Gasteiger partial charge is 0.333 e. The third-order valence-electron chi connectivity index (χ3n) is 6.75. The highest BCUT2D eigenvalue weighted by Gasteiger charge is 2.64. The zero-order valence-corrected chi connectivity index (χ0v) is 18.7. The van der Waals surface area contributed by atoms with Gasteiger partial charge in [-0.1, -0.05) is 42.0 Å². The van der Waals surface area contributed by atoms with E-state index in [4.69, 9.17) is 4.74 Å². The van der Waals surface area contributed by atoms with Gasteiger partial charge < -0.3 is 9.64 Å². The quantitative estimate of drug-likeness (QED) is 0.570. The number of rotatable bonds is 3. The van der Waals surface area contributed by atoms with Gasteiger partial charge in [0.1, 0.15) is 5.25 Å². The first kappa shape index (κ1) is 20.7. The molecule has 2 aliphatic heterocycles. The number of amides is 1. The first-order chi connectivity index (χ1) is 15.3. The molecule has 3 aromatic rings. The minimum Gasteiger partial charge on any atom is -0.467 e. The number of methoxy groups -OCH3 is 1. The largest absolute Gasteiger partial charge is 0.467 e. The second-order valence-corrected chi connectivity index (χ2v) is 10.6. The lowest BCUT2D eigenvalue weighted by Crippen LogP contribution is -2.60. The number of hydrogen-bond donors (Lipinski definition) is 0. The Bertz CT molecular complexity index is 1360. The van der Waals surface area contributed by atoms with Crippen LogP contribution in [0.4, 0.5) is 0 Å². The zero-order chi connectivity index (χ0) is 22.7. The van der Waals surface area contributed by atoms with E-state index in [0.717, 1.165) is 21.9 Å². The SMILES string of the molecule is COC(=O)[C@]12CCC(=O)N1Cc1cc3ccccc3cc1[C@@H]2S(=O)(=O)c1ccc(C)cc1. The molecule has 0 spiro atoms. The van der Waals surface area contributed by atoms with Crippen LogP contribution in [0.5, 0.6) is 0 Å². The summed E-state index contributed by atoms with van der Waals surface area (Å²) in [5.41, 5.74) is 0.629. The van der Waals surface area contributed by atoms with E-state index < -0.39 is 26.6 Å². The zero-order valence-electron chi connectivity index (χ0n) is 17.9. The van der Waals surface area contributed by atoms with Gasteiger partial charge >= 0.3 is 5.97 Å². The van der Waals surface area contributed by atoms with Crippen LogP contribution in [0.1, 0.15) is 34.8 Å². The number of esters is 1. The van der Waals surface area contributed by atoms with Crippen LogP contribution < -0.4 is 0 Å². The maximum atomic E-state index is 14.1. The van der Waals surface area contributed by atoms with Gasteiger partial charge in [0, 0.05) is 13.0 Å². The molecule has 0 bridgehead atoms. The van der Waals surface area contributed by atoms with Crippen molar-refractivity contribution in [1.82, 2.24) is 4.90 Å². The molecule has 0 radical (unpaired) electrons. The van der Waals surface area contributed by atoms with Gasteiger partial charge in [-0.25, -0.2) is 13.2 Å². The number of carbonyl (C=O) groups excluding carboxylic acids is 2. The number of sulfone groups is 1. The van der Waals surface area contributed by atoms with Crippen LogP contribution in [-0.4, -0.2) is 37.8 Å². The molecule has 3 aromatic carbocycles. The molecule has 7 heteroatoms. The Kier molecular flexibility index (Phi) is 4.64. The lowest BCUT2D eigenvalue weighted by Gasteiger charge is -2.46. The van der Waals surface area contributed by atoms with Crippen LogP contribution in [-0.2, 0) is 30.7 Å². The van der Waals surface area contributed by atoms with Crippen molar-refractivity contribution in [2.75, 3.05) is 7.11 Å². The Hall–Kier alpha value is -3.19. The van der Waals surface area contributed by atoms with Crippen LogP contribution in [0.15, 0.2) is 65.6 Å². The number of aryl methyl sites for hydroxylation is 1. The van der Waals surface area contributed by atoms with Gasteiger partial charge in [0.15, 0.2) is 15.4 Å². The van der Waals surface area contributed by atoms with Crippen molar-refractivity contribution in [3.63, 3.8) is 0 Å². The third-order valence-corrected chi connectivity index (χ3v) is 8.95. The molecule has 0 N–H and O–H groups in total. The van der Waals surface area contributed by atoms with E-state index in [1.54, 1.807) is 24.3 Å². The molecule has 0 saturated carbocycles. The van der Waals surface area contributed by atoms with Gasteiger partial charge in [-0.05, 0) is 59.5 Å². The summed E-state index contributed by atoms with van der Waals surface area (Å²) in [4.78, 5) is 27.7. The Morgan fingerprint density at radius 1 is 1.06 bits per heavy atom. The molecule has 2 atom stereocenters. The Labute approximate surface area is 186 Å². The maximum Gasteiger partial charge on any atom is 0.333 e. The number of hydrogen-bond acceptors (Lipinski definition) is 5. The van der Waals surface area contributed by atoms with E-state index in [1.165, 1.54) is 12.0 Å². The molecule has 6 nitrogen and oxygen atoms in total. The first-order valence-corrected chi connectivity index (χ1v) is 12.0. The van der Waals surface area contributed by atoms with Gasteiger partial charge in [0.2, 0.25) is 5.91 Å². The predicted molar refractivity (Wildman–Crippen MR) is 120 cm³/mol. The molecule has 5 rings (SSSR count). The van der Waals surface area contributed by atoms with E-state index in [0.29, 0.717) is 5.56 Å². The van der Waals surface area contributed by atoms with Crippen molar-refractivity contribution < 1.29 is 22.7 Å². The summed E-state index contributed by atoms with van der Waals surface area (Å²) < 4.78 is 33.4. The number of carbonyl (C=O) groups is 2. The minimum atomic E-state index is -4.05. The van der Waals surface area contributed by atoms with Gasteiger partial charge in [-0.3, -0.25) is 4.79 Å². The molecule has 32 heavy (non-hydrogen) atoms. The fourth-order valence-electron chi connectivity index (χ4n) is 5.19. The average molecular weight is 450 g/mol. The van der Waals surface area contributed by atoms with Crippen molar-refractivity contribution in [1.29, 1.82) is 0 Å². The number of nitrogens with zero attached hydrogens (tertiary/aromatic N) is 1. The highest BCUT2D eigenvalue weighted by Crippen LogP contribution is 2.53. The summed E-state index contributed by atoms with van der Waals surface area (Å²) in [5.74, 6) is -0.929. The Morgan fingerprint density at radius 2 is 1.72 bits per heavy atom. The van der Waals surface area contributed by atoms with Crippen LogP contribution >= 0.6 is 0 Å². The van der Waals surface area contributed by atoms with Crippen molar-refractivity contribution in [2.45, 2.75) is 42.0 Å². The highest BCUT2D eigenvalue weighted by molar-refractivity contribution is 7.91. The first-order valence-electron chi connectivity index (χ1n) is 10.5. The molecule has 164 valence electrons. The minimum absolute atomic E-state index is 0.0977. The topological polar surface area (TPSA) is 80.8 Å². The van der Waals surface area contributed by atoms with Gasteiger partial charge in [-0.2, -0.15) is 0 Å². The molecule has 0 unspecified atom stereocenters. The van der Waals surface area contributed by atoms with E-state index >= 15 is 0 Å². The second kappa shape index (κ2) is 7.17. The highest BCUT2D eigenvalue weighted by atomic mass is 32.2. The summed E-state index contributed by atoms with van der Waals surface area (Å²) in [5, 5.41) is 0.577. The number of benzene rings is 3. The van der Waals surface area contributed by atoms with Gasteiger partial charge in [0.05, 0.1) is 12.0 Å². The lowest BCUT2D eigenvalue weighted by molar-refractivity contribution is -0.159. The summed E-state index contributed by atoms with van der Waals surface area (Å²) in [6, 6.07) is 18.0. The molecular weight excluding hydrogens is 426 g/mol. The summed E-state index contributed by atoms with van der Waals surface area (Å²) in [7, 11) is -2.81. The molecule has 1 amide bonds. The Morgan fingerprint density at radius 3 is 2.38 bits per heavy atom. The molecule has 2 heterocycles. The fraction of sp³-hybridized carbons (Fsp3) is 0.280. The number of ether oxygens (including phenoxy) is 1. The number of fused-ring (bicyclic) bond motifs is 3. The standard InChI is InChI=1S/C25H23NO5S/c1-16-7-9-20(10-8-16)32(29,30)23-21-14-18-6-4-3-5-17(18)13-19(21)15-26-22(27)11-12-25(23,26)24(28)31-2/h3-10,13-14,23H,11-12,15H2,1-2H3/t23-,25+/m0/s1. The normalized spacial score (nSPS) is 22.5. The molecule has 0 aromatic heterocycles. The van der Waals surface area contributed by atoms with E-state index in [2.05, 4.69) is 0 Å². The molecular formula is C25H23NO5S.